The molecule has 0 fully saturated rings. The second kappa shape index (κ2) is 6.65. The highest BCUT2D eigenvalue weighted by atomic mass is 32.2. The zero-order valence-electron chi connectivity index (χ0n) is 10.7. The van der Waals surface area contributed by atoms with E-state index >= 15 is 0 Å². The van der Waals surface area contributed by atoms with E-state index in [4.69, 9.17) is 10.8 Å². The van der Waals surface area contributed by atoms with Gasteiger partial charge in [-0.05, 0) is 30.7 Å². The molecule has 0 aromatic heterocycles. The first-order chi connectivity index (χ1) is 8.93. The average Bonchev–Trinajstić information content (AvgIpc) is 2.39. The molecule has 0 aliphatic rings. The van der Waals surface area contributed by atoms with E-state index in [1.807, 2.05) is 0 Å². The van der Waals surface area contributed by atoms with Crippen LogP contribution < -0.4 is 5.73 Å². The number of amides is 1. The zero-order chi connectivity index (χ0) is 14.5. The summed E-state index contributed by atoms with van der Waals surface area (Å²) in [6, 6.07) is 5.48. The van der Waals surface area contributed by atoms with E-state index in [9.17, 15) is 13.2 Å². The van der Waals surface area contributed by atoms with E-state index in [1.54, 1.807) is 6.92 Å². The second-order valence-corrected chi connectivity index (χ2v) is 5.90. The molecule has 6 nitrogen and oxygen atoms in total. The number of hydrogen-bond donors (Lipinski definition) is 2. The summed E-state index contributed by atoms with van der Waals surface area (Å²) in [5.41, 5.74) is 5.36. The van der Waals surface area contributed by atoms with Crippen LogP contribution in [0.1, 0.15) is 23.7 Å². The van der Waals surface area contributed by atoms with Gasteiger partial charge < -0.3 is 10.8 Å². The Kier molecular flexibility index (Phi) is 5.46. The Morgan fingerprint density at radius 1 is 1.32 bits per heavy atom. The maximum absolute atomic E-state index is 12.3. The average molecular weight is 286 g/mol. The Hall–Kier alpha value is -1.44. The minimum Gasteiger partial charge on any atom is -0.396 e. The molecule has 1 amide bonds. The topological polar surface area (TPSA) is 101 Å². The number of benzene rings is 1. The van der Waals surface area contributed by atoms with Crippen molar-refractivity contribution in [2.75, 3.05) is 19.7 Å². The zero-order valence-corrected chi connectivity index (χ0v) is 11.6. The Morgan fingerprint density at radius 3 is 2.32 bits per heavy atom. The van der Waals surface area contributed by atoms with Gasteiger partial charge in [0.25, 0.3) is 0 Å². The molecule has 0 radical (unpaired) electrons. The lowest BCUT2D eigenvalue weighted by Crippen LogP contribution is -2.32. The quantitative estimate of drug-likeness (QED) is 0.746. The monoisotopic (exact) mass is 286 g/mol. The largest absolute Gasteiger partial charge is 0.396 e. The maximum atomic E-state index is 12.3. The lowest BCUT2D eigenvalue weighted by Gasteiger charge is -2.20. The number of aliphatic hydroxyl groups is 1. The molecule has 1 rings (SSSR count). The van der Waals surface area contributed by atoms with Crippen LogP contribution >= 0.6 is 0 Å². The molecule has 0 saturated carbocycles. The summed E-state index contributed by atoms with van der Waals surface area (Å²) in [6.07, 6.45) is 0.381. The summed E-state index contributed by atoms with van der Waals surface area (Å²) >= 11 is 0. The molecule has 0 unspecified atom stereocenters. The lowest BCUT2D eigenvalue weighted by atomic mass is 10.2. The molecule has 0 spiro atoms. The van der Waals surface area contributed by atoms with Crippen molar-refractivity contribution in [1.29, 1.82) is 0 Å². The fraction of sp³-hybridized carbons (Fsp3) is 0.417. The number of carbonyl (C=O) groups is 1. The van der Waals surface area contributed by atoms with Gasteiger partial charge in [0.05, 0.1) is 4.90 Å². The van der Waals surface area contributed by atoms with Crippen molar-refractivity contribution in [2.24, 2.45) is 5.73 Å². The highest BCUT2D eigenvalue weighted by Gasteiger charge is 2.22. The van der Waals surface area contributed by atoms with E-state index in [0.29, 0.717) is 13.0 Å². The highest BCUT2D eigenvalue weighted by Crippen LogP contribution is 2.16. The van der Waals surface area contributed by atoms with E-state index in [2.05, 4.69) is 0 Å². The molecular weight excluding hydrogens is 268 g/mol. The normalized spacial score (nSPS) is 11.7. The number of sulfonamides is 1. The number of aliphatic hydroxyl groups excluding tert-OH is 1. The molecule has 19 heavy (non-hydrogen) atoms. The van der Waals surface area contributed by atoms with Gasteiger partial charge in [-0.15, -0.1) is 0 Å². The smallest absolute Gasteiger partial charge is 0.248 e. The number of rotatable bonds is 7. The number of nitrogens with zero attached hydrogens (tertiary/aromatic N) is 1. The predicted octanol–water partition coefficient (Wildman–Crippen LogP) is 0.178. The van der Waals surface area contributed by atoms with Crippen LogP contribution in [0.25, 0.3) is 0 Å². The Morgan fingerprint density at radius 2 is 1.89 bits per heavy atom. The predicted molar refractivity (Wildman–Crippen MR) is 71.1 cm³/mol. The number of carbonyl (C=O) groups excluding carboxylic acids is 1. The van der Waals surface area contributed by atoms with Crippen LogP contribution in [-0.4, -0.2) is 43.4 Å². The fourth-order valence-electron chi connectivity index (χ4n) is 1.64. The number of primary amides is 1. The minimum atomic E-state index is -3.60. The Bertz CT molecular complexity index is 525. The molecule has 106 valence electrons. The van der Waals surface area contributed by atoms with Crippen molar-refractivity contribution in [3.8, 4) is 0 Å². The van der Waals surface area contributed by atoms with Crippen molar-refractivity contribution < 1.29 is 18.3 Å². The first-order valence-corrected chi connectivity index (χ1v) is 7.38. The van der Waals surface area contributed by atoms with Crippen molar-refractivity contribution in [1.82, 2.24) is 4.31 Å². The summed E-state index contributed by atoms with van der Waals surface area (Å²) < 4.78 is 25.8. The molecule has 0 saturated heterocycles. The highest BCUT2D eigenvalue weighted by molar-refractivity contribution is 7.89. The van der Waals surface area contributed by atoms with Gasteiger partial charge in [-0.3, -0.25) is 4.79 Å². The minimum absolute atomic E-state index is 0.0629. The van der Waals surface area contributed by atoms with Crippen molar-refractivity contribution in [3.05, 3.63) is 29.8 Å². The Balaban J connectivity index is 3.01. The van der Waals surface area contributed by atoms with Crippen LogP contribution in [0.3, 0.4) is 0 Å². The van der Waals surface area contributed by atoms with Gasteiger partial charge in [0.15, 0.2) is 0 Å². The van der Waals surface area contributed by atoms with Gasteiger partial charge in [-0.2, -0.15) is 4.31 Å². The van der Waals surface area contributed by atoms with Gasteiger partial charge >= 0.3 is 0 Å². The van der Waals surface area contributed by atoms with Gasteiger partial charge in [0.2, 0.25) is 15.9 Å². The number of hydrogen-bond acceptors (Lipinski definition) is 4. The molecule has 0 heterocycles. The summed E-state index contributed by atoms with van der Waals surface area (Å²) in [4.78, 5) is 11.0. The van der Waals surface area contributed by atoms with E-state index < -0.39 is 15.9 Å². The first kappa shape index (κ1) is 15.6. The van der Waals surface area contributed by atoms with Crippen molar-refractivity contribution >= 4 is 15.9 Å². The molecular formula is C12H18N2O4S. The first-order valence-electron chi connectivity index (χ1n) is 5.94. The van der Waals surface area contributed by atoms with Crippen LogP contribution in [0.5, 0.6) is 0 Å². The van der Waals surface area contributed by atoms with Gasteiger partial charge in [-0.1, -0.05) is 6.92 Å². The van der Waals surface area contributed by atoms with Crippen LogP contribution in [0, 0.1) is 0 Å². The van der Waals surface area contributed by atoms with Crippen LogP contribution in [0.4, 0.5) is 0 Å². The standard InChI is InChI=1S/C12H18N2O4S/c1-2-14(8-3-9-15)19(17,18)11-6-4-10(5-7-11)12(13)16/h4-7,15H,2-3,8-9H2,1H3,(H2,13,16). The van der Waals surface area contributed by atoms with Crippen molar-refractivity contribution in [3.63, 3.8) is 0 Å². The summed E-state index contributed by atoms with van der Waals surface area (Å²) in [6.45, 7) is 2.24. The van der Waals surface area contributed by atoms with Gasteiger partial charge in [-0.25, -0.2) is 8.42 Å². The summed E-state index contributed by atoms with van der Waals surface area (Å²) in [7, 11) is -3.60. The van der Waals surface area contributed by atoms with E-state index in [1.165, 1.54) is 28.6 Å². The molecule has 1 aromatic rings. The van der Waals surface area contributed by atoms with E-state index in [0.717, 1.165) is 0 Å². The molecule has 7 heteroatoms. The molecule has 1 aromatic carbocycles. The third-order valence-electron chi connectivity index (χ3n) is 2.69. The van der Waals surface area contributed by atoms with Crippen LogP contribution in [0.2, 0.25) is 0 Å². The molecule has 0 aliphatic heterocycles. The van der Waals surface area contributed by atoms with Gasteiger partial charge in [0.1, 0.15) is 0 Å². The molecule has 0 aliphatic carbocycles. The SMILES string of the molecule is CCN(CCCO)S(=O)(=O)c1ccc(C(N)=O)cc1. The Labute approximate surface area is 112 Å². The second-order valence-electron chi connectivity index (χ2n) is 3.96. The lowest BCUT2D eigenvalue weighted by molar-refractivity contribution is 0.1000. The summed E-state index contributed by atoms with van der Waals surface area (Å²) in [5, 5.41) is 8.77. The third-order valence-corrected chi connectivity index (χ3v) is 4.68. The maximum Gasteiger partial charge on any atom is 0.248 e. The molecule has 0 atom stereocenters. The van der Waals surface area contributed by atoms with Gasteiger partial charge in [0, 0.05) is 25.3 Å². The van der Waals surface area contributed by atoms with Crippen LogP contribution in [-0.2, 0) is 10.0 Å². The fourth-order valence-corrected chi connectivity index (χ4v) is 3.12. The third kappa shape index (κ3) is 3.76. The summed E-state index contributed by atoms with van der Waals surface area (Å²) in [5.74, 6) is -0.600. The molecule has 3 N–H and O–H groups in total. The molecule has 0 bridgehead atoms. The number of nitrogens with two attached hydrogens (primary N) is 1. The van der Waals surface area contributed by atoms with Crippen LogP contribution in [0.15, 0.2) is 29.2 Å². The van der Waals surface area contributed by atoms with Crippen molar-refractivity contribution in [2.45, 2.75) is 18.2 Å². The van der Waals surface area contributed by atoms with E-state index in [-0.39, 0.29) is 23.6 Å².